The van der Waals surface area contributed by atoms with Crippen molar-refractivity contribution in [1.82, 2.24) is 19.7 Å². The predicted octanol–water partition coefficient (Wildman–Crippen LogP) is 4.41. The van der Waals surface area contributed by atoms with Gasteiger partial charge in [0.05, 0.1) is 11.4 Å². The van der Waals surface area contributed by atoms with E-state index in [4.69, 9.17) is 0 Å². The summed E-state index contributed by atoms with van der Waals surface area (Å²) in [4.78, 5) is 14.8. The van der Waals surface area contributed by atoms with Crippen LogP contribution in [-0.2, 0) is 4.79 Å². The van der Waals surface area contributed by atoms with Crippen LogP contribution in [0, 0.1) is 6.92 Å². The van der Waals surface area contributed by atoms with Gasteiger partial charge in [-0.2, -0.15) is 0 Å². The summed E-state index contributed by atoms with van der Waals surface area (Å²) in [7, 11) is 0. The zero-order valence-corrected chi connectivity index (χ0v) is 15.4. The number of aromatic amines is 1. The Hall–Kier alpha value is -2.86. The molecule has 2 heterocycles. The molecule has 2 aromatic carbocycles. The molecular weight excluding hydrogens is 344 g/mol. The van der Waals surface area contributed by atoms with Crippen LogP contribution in [0.25, 0.3) is 28.0 Å². The number of hydrogen-bond acceptors (Lipinski definition) is 4. The lowest BCUT2D eigenvalue weighted by molar-refractivity contribution is -0.114. The number of hydrogen-bond donors (Lipinski definition) is 1. The van der Waals surface area contributed by atoms with E-state index < -0.39 is 0 Å². The molecule has 0 aliphatic heterocycles. The van der Waals surface area contributed by atoms with Crippen molar-refractivity contribution < 1.29 is 4.79 Å². The smallest absolute Gasteiger partial charge is 0.196 e. The monoisotopic (exact) mass is 362 g/mol. The number of ketones is 1. The number of nitrogens with zero attached hydrogens (tertiary/aromatic N) is 3. The fourth-order valence-corrected chi connectivity index (χ4v) is 3.74. The highest BCUT2D eigenvalue weighted by atomic mass is 32.2. The van der Waals surface area contributed by atoms with Crippen molar-refractivity contribution in [3.05, 3.63) is 60.3 Å². The van der Waals surface area contributed by atoms with Crippen LogP contribution in [0.4, 0.5) is 0 Å². The maximum absolute atomic E-state index is 11.5. The van der Waals surface area contributed by atoms with Gasteiger partial charge in [-0.25, -0.2) is 0 Å². The molecule has 1 N–H and O–H groups in total. The van der Waals surface area contributed by atoms with Gasteiger partial charge in [0, 0.05) is 22.7 Å². The van der Waals surface area contributed by atoms with E-state index in [9.17, 15) is 4.79 Å². The Kier molecular flexibility index (Phi) is 4.34. The summed E-state index contributed by atoms with van der Waals surface area (Å²) < 4.78 is 2.04. The maximum atomic E-state index is 11.5. The summed E-state index contributed by atoms with van der Waals surface area (Å²) in [5.74, 6) is 1.25. The summed E-state index contributed by atoms with van der Waals surface area (Å²) in [5, 5.41) is 10.7. The van der Waals surface area contributed by atoms with E-state index in [-0.39, 0.29) is 5.78 Å². The summed E-state index contributed by atoms with van der Waals surface area (Å²) in [5.41, 5.74) is 4.19. The van der Waals surface area contributed by atoms with E-state index in [0.29, 0.717) is 5.75 Å². The molecule has 0 aliphatic carbocycles. The molecule has 6 heteroatoms. The molecule has 0 unspecified atom stereocenters. The average molecular weight is 362 g/mol. The zero-order valence-electron chi connectivity index (χ0n) is 14.6. The van der Waals surface area contributed by atoms with Crippen LogP contribution in [0.5, 0.6) is 0 Å². The molecule has 0 fully saturated rings. The lowest BCUT2D eigenvalue weighted by Crippen LogP contribution is -2.03. The normalized spacial score (nSPS) is 11.2. The molecule has 26 heavy (non-hydrogen) atoms. The Labute approximate surface area is 155 Å². The third-order valence-corrected chi connectivity index (χ3v) is 5.30. The van der Waals surface area contributed by atoms with Gasteiger partial charge in [0.15, 0.2) is 11.0 Å². The lowest BCUT2D eigenvalue weighted by Gasteiger charge is -2.12. The number of carbonyl (C=O) groups is 1. The van der Waals surface area contributed by atoms with Crippen LogP contribution in [-0.4, -0.2) is 31.3 Å². The van der Waals surface area contributed by atoms with Crippen LogP contribution in [0.15, 0.2) is 59.9 Å². The zero-order chi connectivity index (χ0) is 18.1. The first kappa shape index (κ1) is 16.6. The second-order valence-corrected chi connectivity index (χ2v) is 7.11. The molecule has 4 aromatic rings. The number of para-hydroxylation sites is 2. The Morgan fingerprint density at radius 3 is 2.69 bits per heavy atom. The number of fused-ring (bicyclic) bond motifs is 1. The fourth-order valence-electron chi connectivity index (χ4n) is 2.99. The van der Waals surface area contributed by atoms with Gasteiger partial charge < -0.3 is 4.98 Å². The first-order chi connectivity index (χ1) is 12.6. The Morgan fingerprint density at radius 1 is 1.12 bits per heavy atom. The number of benzene rings is 2. The molecule has 0 bridgehead atoms. The standard InChI is InChI=1S/C20H18N4OS/c1-13-7-3-6-10-18(13)24-19(22-23-20(24)26-12-14(2)25)16-11-21-17-9-5-4-8-15(16)17/h3-11,21H,12H2,1-2H3. The molecule has 0 saturated carbocycles. The summed E-state index contributed by atoms with van der Waals surface area (Å²) in [6.45, 7) is 3.65. The molecule has 0 radical (unpaired) electrons. The highest BCUT2D eigenvalue weighted by Crippen LogP contribution is 2.33. The Balaban J connectivity index is 1.93. The van der Waals surface area contributed by atoms with Crippen LogP contribution < -0.4 is 0 Å². The third kappa shape index (κ3) is 2.93. The number of thioether (sulfide) groups is 1. The SMILES string of the molecule is CC(=O)CSc1nnc(-c2c[nH]c3ccccc23)n1-c1ccccc1C. The van der Waals surface area contributed by atoms with Gasteiger partial charge in [0.1, 0.15) is 5.78 Å². The highest BCUT2D eigenvalue weighted by molar-refractivity contribution is 7.99. The number of aryl methyl sites for hydroxylation is 1. The van der Waals surface area contributed by atoms with Crippen molar-refractivity contribution in [2.45, 2.75) is 19.0 Å². The minimum Gasteiger partial charge on any atom is -0.360 e. The quantitative estimate of drug-likeness (QED) is 0.534. The van der Waals surface area contributed by atoms with Gasteiger partial charge in [0.2, 0.25) is 0 Å². The maximum Gasteiger partial charge on any atom is 0.196 e. The predicted molar refractivity (Wildman–Crippen MR) is 105 cm³/mol. The minimum absolute atomic E-state index is 0.114. The van der Waals surface area contributed by atoms with E-state index in [0.717, 1.165) is 38.7 Å². The van der Waals surface area contributed by atoms with Crippen LogP contribution in [0.3, 0.4) is 0 Å². The van der Waals surface area contributed by atoms with Crippen molar-refractivity contribution in [3.63, 3.8) is 0 Å². The van der Waals surface area contributed by atoms with E-state index in [1.165, 1.54) is 11.8 Å². The molecular formula is C20H18N4OS. The lowest BCUT2D eigenvalue weighted by atomic mass is 10.1. The third-order valence-electron chi connectivity index (χ3n) is 4.22. The van der Waals surface area contributed by atoms with Gasteiger partial charge in [-0.1, -0.05) is 48.2 Å². The van der Waals surface area contributed by atoms with Crippen LogP contribution >= 0.6 is 11.8 Å². The van der Waals surface area contributed by atoms with Gasteiger partial charge in [-0.3, -0.25) is 9.36 Å². The molecule has 0 amide bonds. The molecule has 0 aliphatic rings. The minimum atomic E-state index is 0.114. The van der Waals surface area contributed by atoms with E-state index in [1.54, 1.807) is 6.92 Å². The fraction of sp³-hybridized carbons (Fsp3) is 0.150. The van der Waals surface area contributed by atoms with Crippen molar-refractivity contribution in [2.24, 2.45) is 0 Å². The van der Waals surface area contributed by atoms with E-state index in [1.807, 2.05) is 41.1 Å². The molecule has 5 nitrogen and oxygen atoms in total. The van der Waals surface area contributed by atoms with Crippen molar-refractivity contribution in [2.75, 3.05) is 5.75 Å². The van der Waals surface area contributed by atoms with Crippen molar-refractivity contribution in [3.8, 4) is 17.1 Å². The molecule has 0 saturated heterocycles. The Morgan fingerprint density at radius 2 is 1.88 bits per heavy atom. The van der Waals surface area contributed by atoms with Gasteiger partial charge in [0.25, 0.3) is 0 Å². The first-order valence-electron chi connectivity index (χ1n) is 8.35. The number of nitrogens with one attached hydrogen (secondary N) is 1. The van der Waals surface area contributed by atoms with Crippen molar-refractivity contribution in [1.29, 1.82) is 0 Å². The number of Topliss-reactive ketones (excluding diaryl/α,β-unsaturated/α-hetero) is 1. The largest absolute Gasteiger partial charge is 0.360 e. The van der Waals surface area contributed by atoms with Gasteiger partial charge in [-0.15, -0.1) is 10.2 Å². The average Bonchev–Trinajstić information content (AvgIpc) is 3.24. The first-order valence-corrected chi connectivity index (χ1v) is 9.34. The van der Waals surface area contributed by atoms with Crippen molar-refractivity contribution >= 4 is 28.4 Å². The van der Waals surface area contributed by atoms with Gasteiger partial charge >= 0.3 is 0 Å². The molecule has 0 spiro atoms. The number of H-pyrrole nitrogens is 1. The number of rotatable bonds is 5. The van der Waals surface area contributed by atoms with Crippen LogP contribution in [0.1, 0.15) is 12.5 Å². The second kappa shape index (κ2) is 6.80. The highest BCUT2D eigenvalue weighted by Gasteiger charge is 2.20. The molecule has 0 atom stereocenters. The summed E-state index contributed by atoms with van der Waals surface area (Å²) >= 11 is 1.41. The molecule has 4 rings (SSSR count). The molecule has 130 valence electrons. The second-order valence-electron chi connectivity index (χ2n) is 6.17. The number of aromatic nitrogens is 4. The van der Waals surface area contributed by atoms with Crippen LogP contribution in [0.2, 0.25) is 0 Å². The van der Waals surface area contributed by atoms with E-state index in [2.05, 4.69) is 40.3 Å². The molecule has 2 aromatic heterocycles. The summed E-state index contributed by atoms with van der Waals surface area (Å²) in [6.07, 6.45) is 1.96. The number of carbonyl (C=O) groups excluding carboxylic acids is 1. The van der Waals surface area contributed by atoms with Gasteiger partial charge in [-0.05, 0) is 31.5 Å². The van der Waals surface area contributed by atoms with E-state index >= 15 is 0 Å². The topological polar surface area (TPSA) is 63.6 Å². The summed E-state index contributed by atoms with van der Waals surface area (Å²) in [6, 6.07) is 16.3. The Bertz CT molecular complexity index is 1100.